The fraction of sp³-hybridized carbons (Fsp3) is 1.00. The van der Waals surface area contributed by atoms with E-state index in [4.69, 9.17) is 5.73 Å². The van der Waals surface area contributed by atoms with Gasteiger partial charge in [0.25, 0.3) is 0 Å². The molecule has 53 valence electrons. The van der Waals surface area contributed by atoms with Crippen molar-refractivity contribution >= 4 is 0 Å². The van der Waals surface area contributed by atoms with Gasteiger partial charge in [0.15, 0.2) is 0 Å². The molecule has 1 aliphatic carbocycles. The van der Waals surface area contributed by atoms with Crippen LogP contribution in [0.4, 0.5) is 0 Å². The van der Waals surface area contributed by atoms with Gasteiger partial charge in [0, 0.05) is 6.04 Å². The van der Waals surface area contributed by atoms with E-state index in [0.717, 1.165) is 25.7 Å². The maximum atomic E-state index is 9.17. The molecule has 2 N–H and O–H groups in total. The Morgan fingerprint density at radius 3 is 2.56 bits per heavy atom. The number of nitrogens with one attached hydrogen (secondary N) is 1. The van der Waals surface area contributed by atoms with Crippen LogP contribution in [-0.2, 0) is 0 Å². The van der Waals surface area contributed by atoms with E-state index in [1.165, 1.54) is 6.42 Å². The molecule has 0 aromatic heterocycles. The first-order valence-electron chi connectivity index (χ1n) is 3.70. The zero-order valence-electron chi connectivity index (χ0n) is 5.64. The Labute approximate surface area is 56.1 Å². The first-order chi connectivity index (χ1) is 4.30. The second-order valence-electron chi connectivity index (χ2n) is 2.81. The van der Waals surface area contributed by atoms with Crippen LogP contribution in [0, 0.1) is 0 Å². The van der Waals surface area contributed by atoms with Crippen molar-refractivity contribution < 1.29 is 5.11 Å². The third-order valence-corrected chi connectivity index (χ3v) is 1.98. The summed E-state index contributed by atoms with van der Waals surface area (Å²) >= 11 is 0. The molecule has 0 heterocycles. The lowest BCUT2D eigenvalue weighted by Crippen LogP contribution is -2.25. The summed E-state index contributed by atoms with van der Waals surface area (Å²) in [7, 11) is 0. The van der Waals surface area contributed by atoms with E-state index >= 15 is 0 Å². The Kier molecular flexibility index (Phi) is 2.49. The van der Waals surface area contributed by atoms with E-state index in [1.54, 1.807) is 0 Å². The molecule has 0 aliphatic heterocycles. The maximum Gasteiger partial charge on any atom is 0.0706 e. The SMILES string of the molecule is [NH]C1CCCCCC1O. The molecule has 0 spiro atoms. The molecule has 2 nitrogen and oxygen atoms in total. The molecule has 0 bridgehead atoms. The van der Waals surface area contributed by atoms with Gasteiger partial charge in [0.05, 0.1) is 6.10 Å². The van der Waals surface area contributed by atoms with Gasteiger partial charge < -0.3 is 5.11 Å². The molecule has 1 radical (unpaired) electrons. The van der Waals surface area contributed by atoms with Crippen molar-refractivity contribution in [2.24, 2.45) is 0 Å². The molecular weight excluding hydrogens is 114 g/mol. The lowest BCUT2D eigenvalue weighted by atomic mass is 10.1. The molecule has 2 atom stereocenters. The highest BCUT2D eigenvalue weighted by Crippen LogP contribution is 2.16. The molecule has 0 amide bonds. The van der Waals surface area contributed by atoms with Crippen LogP contribution in [0.2, 0.25) is 0 Å². The van der Waals surface area contributed by atoms with E-state index in [-0.39, 0.29) is 12.1 Å². The summed E-state index contributed by atoms with van der Waals surface area (Å²) in [5.74, 6) is 0. The maximum absolute atomic E-state index is 9.17. The molecule has 9 heavy (non-hydrogen) atoms. The Hall–Kier alpha value is -0.0800. The van der Waals surface area contributed by atoms with Crippen LogP contribution in [0.3, 0.4) is 0 Å². The van der Waals surface area contributed by atoms with Gasteiger partial charge in [-0.2, -0.15) is 0 Å². The zero-order valence-corrected chi connectivity index (χ0v) is 5.64. The van der Waals surface area contributed by atoms with Gasteiger partial charge >= 0.3 is 0 Å². The van der Waals surface area contributed by atoms with Crippen LogP contribution in [0.25, 0.3) is 0 Å². The van der Waals surface area contributed by atoms with Crippen LogP contribution in [0.1, 0.15) is 32.1 Å². The first-order valence-corrected chi connectivity index (χ1v) is 3.70. The molecule has 1 fully saturated rings. The summed E-state index contributed by atoms with van der Waals surface area (Å²) in [6, 6.07) is -0.201. The Morgan fingerprint density at radius 2 is 1.78 bits per heavy atom. The van der Waals surface area contributed by atoms with E-state index in [9.17, 15) is 5.11 Å². The summed E-state index contributed by atoms with van der Waals surface area (Å²) in [4.78, 5) is 0. The molecule has 2 unspecified atom stereocenters. The van der Waals surface area contributed by atoms with E-state index < -0.39 is 0 Å². The van der Waals surface area contributed by atoms with E-state index in [0.29, 0.717) is 0 Å². The minimum Gasteiger partial charge on any atom is -0.391 e. The fourth-order valence-corrected chi connectivity index (χ4v) is 1.29. The molecule has 0 aromatic rings. The van der Waals surface area contributed by atoms with Gasteiger partial charge in [-0.3, -0.25) is 5.73 Å². The standard InChI is InChI=1S/C7H14NO/c8-6-4-2-1-3-5-7(6)9/h6-9H,1-5H2. The largest absolute Gasteiger partial charge is 0.391 e. The first kappa shape index (κ1) is 7.03. The van der Waals surface area contributed by atoms with Crippen molar-refractivity contribution in [1.29, 1.82) is 0 Å². The average Bonchev–Trinajstić information content (AvgIpc) is 1.99. The van der Waals surface area contributed by atoms with Crippen molar-refractivity contribution in [1.82, 2.24) is 5.73 Å². The lowest BCUT2D eigenvalue weighted by Gasteiger charge is -2.12. The minimum atomic E-state index is -0.340. The van der Waals surface area contributed by atoms with Crippen molar-refractivity contribution in [2.75, 3.05) is 0 Å². The highest BCUT2D eigenvalue weighted by atomic mass is 16.3. The average molecular weight is 128 g/mol. The monoisotopic (exact) mass is 128 g/mol. The second-order valence-corrected chi connectivity index (χ2v) is 2.81. The Morgan fingerprint density at radius 1 is 1.11 bits per heavy atom. The van der Waals surface area contributed by atoms with Crippen molar-refractivity contribution in [3.8, 4) is 0 Å². The smallest absolute Gasteiger partial charge is 0.0706 e. The summed E-state index contributed by atoms with van der Waals surface area (Å²) in [6.45, 7) is 0. The molecular formula is C7H14NO. The summed E-state index contributed by atoms with van der Waals surface area (Å²) in [6.07, 6.45) is 4.83. The summed E-state index contributed by atoms with van der Waals surface area (Å²) < 4.78 is 0. The lowest BCUT2D eigenvalue weighted by molar-refractivity contribution is 0.134. The minimum absolute atomic E-state index is 0.201. The Bertz CT molecular complexity index is 75.0. The predicted octanol–water partition coefficient (Wildman–Crippen LogP) is 0.963. The number of aliphatic hydroxyl groups excluding tert-OH is 1. The van der Waals surface area contributed by atoms with Gasteiger partial charge in [-0.1, -0.05) is 19.3 Å². The molecule has 0 aromatic carbocycles. The van der Waals surface area contributed by atoms with Gasteiger partial charge in [0.2, 0.25) is 0 Å². The molecule has 2 heteroatoms. The van der Waals surface area contributed by atoms with Crippen LogP contribution in [0.15, 0.2) is 0 Å². The van der Waals surface area contributed by atoms with Gasteiger partial charge in [-0.05, 0) is 12.8 Å². The van der Waals surface area contributed by atoms with Crippen LogP contribution in [0.5, 0.6) is 0 Å². The third kappa shape index (κ3) is 1.95. The normalized spacial score (nSPS) is 38.0. The third-order valence-electron chi connectivity index (χ3n) is 1.98. The van der Waals surface area contributed by atoms with Crippen LogP contribution >= 0.6 is 0 Å². The van der Waals surface area contributed by atoms with Gasteiger partial charge in [0.1, 0.15) is 0 Å². The van der Waals surface area contributed by atoms with E-state index in [2.05, 4.69) is 0 Å². The predicted molar refractivity (Wildman–Crippen MR) is 36.0 cm³/mol. The van der Waals surface area contributed by atoms with Crippen LogP contribution in [-0.4, -0.2) is 17.3 Å². The van der Waals surface area contributed by atoms with Crippen molar-refractivity contribution in [3.05, 3.63) is 0 Å². The van der Waals surface area contributed by atoms with Gasteiger partial charge in [-0.25, -0.2) is 0 Å². The fourth-order valence-electron chi connectivity index (χ4n) is 1.29. The molecule has 1 rings (SSSR count). The molecule has 1 aliphatic rings. The van der Waals surface area contributed by atoms with Gasteiger partial charge in [-0.15, -0.1) is 0 Å². The summed E-state index contributed by atoms with van der Waals surface area (Å²) in [5.41, 5.74) is 7.37. The number of aliphatic hydroxyl groups is 1. The zero-order chi connectivity index (χ0) is 6.69. The Balaban J connectivity index is 2.32. The highest BCUT2D eigenvalue weighted by molar-refractivity contribution is 4.74. The topological polar surface area (TPSA) is 44.0 Å². The number of hydrogen-bond donors (Lipinski definition) is 1. The number of rotatable bonds is 0. The van der Waals surface area contributed by atoms with Crippen molar-refractivity contribution in [3.63, 3.8) is 0 Å². The van der Waals surface area contributed by atoms with Crippen LogP contribution < -0.4 is 5.73 Å². The highest BCUT2D eigenvalue weighted by Gasteiger charge is 2.17. The second kappa shape index (κ2) is 3.18. The quantitative estimate of drug-likeness (QED) is 0.485. The van der Waals surface area contributed by atoms with Crippen molar-refractivity contribution in [2.45, 2.75) is 44.2 Å². The summed E-state index contributed by atoms with van der Waals surface area (Å²) in [5, 5.41) is 9.17. The molecule has 1 saturated carbocycles. The number of hydrogen-bond acceptors (Lipinski definition) is 1. The molecule has 0 saturated heterocycles. The van der Waals surface area contributed by atoms with E-state index in [1.807, 2.05) is 0 Å².